The molecule has 0 aliphatic heterocycles. The first-order valence-electron chi connectivity index (χ1n) is 8.89. The number of hydroxylamine groups is 2. The van der Waals surface area contributed by atoms with Crippen LogP contribution in [0.5, 0.6) is 0 Å². The first kappa shape index (κ1) is 22.3. The van der Waals surface area contributed by atoms with E-state index in [1.165, 1.54) is 31.7 Å². The topological polar surface area (TPSA) is 80.6 Å². The largest absolute Gasteiger partial charge is 0.348 e. The lowest BCUT2D eigenvalue weighted by molar-refractivity contribution is -0.169. The number of rotatable bonds is 7. The molecule has 0 aliphatic carbocycles. The van der Waals surface area contributed by atoms with Gasteiger partial charge in [0.15, 0.2) is 0 Å². The molecule has 0 aliphatic rings. The van der Waals surface area contributed by atoms with Crippen molar-refractivity contribution in [1.29, 1.82) is 0 Å². The van der Waals surface area contributed by atoms with Gasteiger partial charge in [0.1, 0.15) is 12.1 Å². The molecule has 0 atom stereocenters. The number of amides is 2. The third kappa shape index (κ3) is 4.84. The van der Waals surface area contributed by atoms with Gasteiger partial charge in [-0.1, -0.05) is 23.7 Å². The minimum atomic E-state index is -0.529. The minimum absolute atomic E-state index is 0.0488. The lowest BCUT2D eigenvalue weighted by atomic mass is 10.2. The number of hydrogen-bond donors (Lipinski definition) is 1. The molecule has 0 spiro atoms. The molecule has 2 heterocycles. The predicted molar refractivity (Wildman–Crippen MR) is 118 cm³/mol. The van der Waals surface area contributed by atoms with Crippen LogP contribution < -0.4 is 10.7 Å². The second-order valence-corrected chi connectivity index (χ2v) is 8.28. The Kier molecular flexibility index (Phi) is 7.14. The van der Waals surface area contributed by atoms with E-state index in [0.29, 0.717) is 15.2 Å². The van der Waals surface area contributed by atoms with Gasteiger partial charge < -0.3 is 9.88 Å². The first-order valence-corrected chi connectivity index (χ1v) is 10.6. The molecule has 0 radical (unpaired) electrons. The van der Waals surface area contributed by atoms with Crippen LogP contribution in [0, 0.1) is 0 Å². The zero-order valence-corrected chi connectivity index (χ0v) is 18.6. The van der Waals surface area contributed by atoms with Crippen molar-refractivity contribution in [1.82, 2.24) is 14.9 Å². The number of benzene rings is 1. The van der Waals surface area contributed by atoms with Crippen molar-refractivity contribution in [2.24, 2.45) is 0 Å². The molecule has 3 rings (SSSR count). The Hall–Kier alpha value is -2.39. The number of likely N-dealkylation sites (N-methyl/N-ethyl adjacent to an activating group) is 1. The maximum absolute atomic E-state index is 12.9. The Morgan fingerprint density at radius 2 is 1.97 bits per heavy atom. The smallest absolute Gasteiger partial charge is 0.265 e. The minimum Gasteiger partial charge on any atom is -0.348 e. The lowest BCUT2D eigenvalue weighted by Gasteiger charge is -2.16. The Morgan fingerprint density at radius 1 is 1.27 bits per heavy atom. The van der Waals surface area contributed by atoms with Gasteiger partial charge in [-0.2, -0.15) is 0 Å². The van der Waals surface area contributed by atoms with Crippen molar-refractivity contribution < 1.29 is 14.4 Å². The molecule has 0 saturated carbocycles. The fraction of sp³-hybridized carbons (Fsp3) is 0.250. The summed E-state index contributed by atoms with van der Waals surface area (Å²) in [7, 11) is 2.87. The Labute approximate surface area is 186 Å². The molecule has 158 valence electrons. The van der Waals surface area contributed by atoms with Gasteiger partial charge >= 0.3 is 0 Å². The quantitative estimate of drug-likeness (QED) is 0.426. The molecule has 0 bridgehead atoms. The standard InChI is InChI=1S/C20H19Cl2N3O4S/c1-24(29-2)17(26)11-25-10-15(18(27)19-16(25)7-14(8-21)30-19)20(28)23-9-12-3-5-13(22)6-4-12/h3-7,10H,8-9,11H2,1-2H3,(H,23,28). The number of pyridine rings is 1. The van der Waals surface area contributed by atoms with E-state index >= 15 is 0 Å². The fourth-order valence-corrected chi connectivity index (χ4v) is 4.14. The summed E-state index contributed by atoms with van der Waals surface area (Å²) in [5.74, 6) is -0.643. The summed E-state index contributed by atoms with van der Waals surface area (Å²) in [6.45, 7) is 0.132. The number of thiophene rings is 1. The van der Waals surface area contributed by atoms with Crippen molar-refractivity contribution in [3.8, 4) is 0 Å². The van der Waals surface area contributed by atoms with Gasteiger partial charge in [-0.3, -0.25) is 19.2 Å². The van der Waals surface area contributed by atoms with Gasteiger partial charge in [-0.15, -0.1) is 22.9 Å². The Morgan fingerprint density at radius 3 is 2.60 bits per heavy atom. The van der Waals surface area contributed by atoms with Gasteiger partial charge in [0.2, 0.25) is 5.43 Å². The normalized spacial score (nSPS) is 10.9. The summed E-state index contributed by atoms with van der Waals surface area (Å²) >= 11 is 13.0. The Bertz CT molecular complexity index is 1140. The van der Waals surface area contributed by atoms with Crippen LogP contribution in [0.1, 0.15) is 20.8 Å². The lowest BCUT2D eigenvalue weighted by Crippen LogP contribution is -2.32. The van der Waals surface area contributed by atoms with E-state index in [9.17, 15) is 14.4 Å². The van der Waals surface area contributed by atoms with Crippen LogP contribution in [0.3, 0.4) is 0 Å². The third-order valence-corrected chi connectivity index (χ3v) is 6.30. The van der Waals surface area contributed by atoms with Crippen molar-refractivity contribution in [2.75, 3.05) is 14.2 Å². The zero-order valence-electron chi connectivity index (χ0n) is 16.3. The highest BCUT2D eigenvalue weighted by Gasteiger charge is 2.20. The third-order valence-electron chi connectivity index (χ3n) is 4.48. The number of nitrogens with one attached hydrogen (secondary N) is 1. The summed E-state index contributed by atoms with van der Waals surface area (Å²) in [6, 6.07) is 8.77. The van der Waals surface area contributed by atoms with Gasteiger partial charge in [-0.05, 0) is 23.8 Å². The SMILES string of the molecule is CON(C)C(=O)Cn1cc(C(=O)NCc2ccc(Cl)cc2)c(=O)c2sc(CCl)cc21. The van der Waals surface area contributed by atoms with Crippen LogP contribution in [0.4, 0.5) is 0 Å². The van der Waals surface area contributed by atoms with E-state index < -0.39 is 11.3 Å². The summed E-state index contributed by atoms with van der Waals surface area (Å²) < 4.78 is 1.94. The van der Waals surface area contributed by atoms with E-state index in [0.717, 1.165) is 15.5 Å². The first-order chi connectivity index (χ1) is 14.3. The average molecular weight is 468 g/mol. The van der Waals surface area contributed by atoms with Gasteiger partial charge in [0.05, 0.1) is 23.2 Å². The van der Waals surface area contributed by atoms with Crippen LogP contribution in [-0.4, -0.2) is 35.6 Å². The molecule has 0 saturated heterocycles. The van der Waals surface area contributed by atoms with Crippen LogP contribution in [0.2, 0.25) is 5.02 Å². The van der Waals surface area contributed by atoms with Gasteiger partial charge in [0.25, 0.3) is 11.8 Å². The molecule has 0 unspecified atom stereocenters. The van der Waals surface area contributed by atoms with Crippen LogP contribution in [-0.2, 0) is 28.6 Å². The molecule has 2 aromatic heterocycles. The van der Waals surface area contributed by atoms with Crippen LogP contribution >= 0.6 is 34.5 Å². The van der Waals surface area contributed by atoms with Gasteiger partial charge in [-0.25, -0.2) is 5.06 Å². The molecule has 1 aromatic carbocycles. The molecule has 2 amide bonds. The molecule has 3 aromatic rings. The number of alkyl halides is 1. The second-order valence-electron chi connectivity index (χ2n) is 6.44. The zero-order chi connectivity index (χ0) is 21.8. The monoisotopic (exact) mass is 467 g/mol. The highest BCUT2D eigenvalue weighted by molar-refractivity contribution is 7.19. The summed E-state index contributed by atoms with van der Waals surface area (Å²) in [4.78, 5) is 43.7. The molecule has 1 N–H and O–H groups in total. The maximum Gasteiger partial charge on any atom is 0.265 e. The Balaban J connectivity index is 1.95. The molecule has 30 heavy (non-hydrogen) atoms. The second kappa shape index (κ2) is 9.61. The fourth-order valence-electron chi connectivity index (χ4n) is 2.80. The van der Waals surface area contributed by atoms with Crippen molar-refractivity contribution in [3.63, 3.8) is 0 Å². The van der Waals surface area contributed by atoms with E-state index in [-0.39, 0.29) is 30.4 Å². The van der Waals surface area contributed by atoms with E-state index in [2.05, 4.69) is 5.32 Å². The van der Waals surface area contributed by atoms with Gasteiger partial charge in [0, 0.05) is 29.7 Å². The molecular weight excluding hydrogens is 449 g/mol. The van der Waals surface area contributed by atoms with E-state index in [1.54, 1.807) is 34.9 Å². The number of fused-ring (bicyclic) bond motifs is 1. The van der Waals surface area contributed by atoms with Crippen LogP contribution in [0.15, 0.2) is 41.3 Å². The average Bonchev–Trinajstić information content (AvgIpc) is 3.19. The highest BCUT2D eigenvalue weighted by Crippen LogP contribution is 2.25. The molecule has 7 nitrogen and oxygen atoms in total. The number of carbonyl (C=O) groups is 2. The number of halogens is 2. The maximum atomic E-state index is 12.9. The molecular formula is C20H19Cl2N3O4S. The number of carbonyl (C=O) groups excluding carboxylic acids is 2. The van der Waals surface area contributed by atoms with Crippen molar-refractivity contribution in [2.45, 2.75) is 19.0 Å². The number of nitrogens with zero attached hydrogens (tertiary/aromatic N) is 2. The molecule has 0 fully saturated rings. The van der Waals surface area contributed by atoms with E-state index in [1.807, 2.05) is 0 Å². The summed E-state index contributed by atoms with van der Waals surface area (Å²) in [5, 5.41) is 4.42. The summed E-state index contributed by atoms with van der Waals surface area (Å²) in [6.07, 6.45) is 1.40. The number of hydrogen-bond acceptors (Lipinski definition) is 5. The highest BCUT2D eigenvalue weighted by atomic mass is 35.5. The van der Waals surface area contributed by atoms with Crippen molar-refractivity contribution >= 4 is 56.6 Å². The molecule has 10 heteroatoms. The van der Waals surface area contributed by atoms with Crippen molar-refractivity contribution in [3.05, 3.63) is 67.8 Å². The van der Waals surface area contributed by atoms with E-state index in [4.69, 9.17) is 28.0 Å². The summed E-state index contributed by atoms with van der Waals surface area (Å²) in [5.41, 5.74) is 0.940. The predicted octanol–water partition coefficient (Wildman–Crippen LogP) is 3.41. The number of aromatic nitrogens is 1. The van der Waals surface area contributed by atoms with Crippen LogP contribution in [0.25, 0.3) is 10.2 Å².